The van der Waals surface area contributed by atoms with Gasteiger partial charge in [0.1, 0.15) is 6.20 Å². The van der Waals surface area contributed by atoms with Crippen LogP contribution in [0.15, 0.2) is 6.20 Å². The second-order valence-electron chi connectivity index (χ2n) is 4.61. The van der Waals surface area contributed by atoms with Gasteiger partial charge in [0.05, 0.1) is 11.5 Å². The summed E-state index contributed by atoms with van der Waals surface area (Å²) >= 11 is 0. The van der Waals surface area contributed by atoms with Crippen molar-refractivity contribution in [3.63, 3.8) is 0 Å². The zero-order valence-corrected chi connectivity index (χ0v) is 11.3. The lowest BCUT2D eigenvalue weighted by atomic mass is 10.4. The Balaban J connectivity index is 2.15. The van der Waals surface area contributed by atoms with Gasteiger partial charge >= 0.3 is 5.69 Å². The Morgan fingerprint density at radius 3 is 2.85 bits per heavy atom. The van der Waals surface area contributed by atoms with Gasteiger partial charge in [-0.1, -0.05) is 0 Å². The Kier molecular flexibility index (Phi) is 3.97. The summed E-state index contributed by atoms with van der Waals surface area (Å²) in [6, 6.07) is 0.254. The summed E-state index contributed by atoms with van der Waals surface area (Å²) in [6.07, 6.45) is 3.11. The lowest BCUT2D eigenvalue weighted by Gasteiger charge is -2.17. The smallest absolute Gasteiger partial charge is 0.329 e. The largest absolute Gasteiger partial charge is 0.357 e. The predicted octanol–water partition coefficient (Wildman–Crippen LogP) is 0.141. The van der Waals surface area contributed by atoms with E-state index in [-0.39, 0.29) is 35.9 Å². The van der Waals surface area contributed by atoms with E-state index in [4.69, 9.17) is 0 Å². The highest BCUT2D eigenvalue weighted by atomic mass is 16.6. The van der Waals surface area contributed by atoms with Crippen molar-refractivity contribution < 1.29 is 9.72 Å². The average molecular weight is 280 g/mol. The summed E-state index contributed by atoms with van der Waals surface area (Å²) in [5.41, 5.74) is -0.231. The number of amides is 1. The molecule has 1 amide bonds. The fourth-order valence-corrected chi connectivity index (χ4v) is 1.69. The number of nitro groups is 1. The number of carbonyl (C=O) groups is 1. The highest BCUT2D eigenvalue weighted by molar-refractivity contribution is 5.82. The molecule has 0 atom stereocenters. The van der Waals surface area contributed by atoms with Crippen LogP contribution in [0.3, 0.4) is 0 Å². The molecule has 1 aromatic heterocycles. The van der Waals surface area contributed by atoms with E-state index < -0.39 is 4.92 Å². The second kappa shape index (κ2) is 5.68. The number of rotatable bonds is 6. The van der Waals surface area contributed by atoms with E-state index in [1.165, 1.54) is 4.90 Å². The topological polar surface area (TPSA) is 113 Å². The highest BCUT2D eigenvalue weighted by Gasteiger charge is 2.26. The van der Waals surface area contributed by atoms with Crippen LogP contribution in [0, 0.1) is 10.1 Å². The molecule has 20 heavy (non-hydrogen) atoms. The molecule has 1 aliphatic carbocycles. The van der Waals surface area contributed by atoms with Gasteiger partial charge < -0.3 is 15.5 Å². The van der Waals surface area contributed by atoms with E-state index in [1.54, 1.807) is 14.1 Å². The molecule has 2 N–H and O–H groups in total. The monoisotopic (exact) mass is 280 g/mol. The minimum atomic E-state index is -0.565. The highest BCUT2D eigenvalue weighted by Crippen LogP contribution is 2.25. The first kappa shape index (κ1) is 14.0. The molecule has 2 rings (SSSR count). The molecule has 1 saturated carbocycles. The van der Waals surface area contributed by atoms with Crippen LogP contribution in [0.2, 0.25) is 0 Å². The van der Waals surface area contributed by atoms with Crippen molar-refractivity contribution in [2.24, 2.45) is 0 Å². The molecule has 9 heteroatoms. The third-order valence-electron chi connectivity index (χ3n) is 2.86. The van der Waals surface area contributed by atoms with Gasteiger partial charge in [-0.25, -0.2) is 4.98 Å². The first-order chi connectivity index (χ1) is 9.51. The van der Waals surface area contributed by atoms with Gasteiger partial charge in [0.2, 0.25) is 17.7 Å². The molecule has 108 valence electrons. The van der Waals surface area contributed by atoms with Crippen LogP contribution in [0.1, 0.15) is 12.8 Å². The normalized spacial score (nSPS) is 13.7. The minimum absolute atomic E-state index is 0.0114. The Bertz CT molecular complexity index is 531. The van der Waals surface area contributed by atoms with Crippen molar-refractivity contribution in [3.8, 4) is 0 Å². The SMILES string of the molecule is CNc1ncc([N+](=O)[O-])c(N(C)CC(=O)NC2CC2)n1. The van der Waals surface area contributed by atoms with Crippen molar-refractivity contribution in [2.75, 3.05) is 30.9 Å². The molecular formula is C11H16N6O3. The summed E-state index contributed by atoms with van der Waals surface area (Å²) < 4.78 is 0. The number of hydrogen-bond donors (Lipinski definition) is 2. The first-order valence-electron chi connectivity index (χ1n) is 6.21. The maximum absolute atomic E-state index is 11.7. The summed E-state index contributed by atoms with van der Waals surface area (Å²) in [5.74, 6) is 0.203. The lowest BCUT2D eigenvalue weighted by Crippen LogP contribution is -2.36. The zero-order valence-electron chi connectivity index (χ0n) is 11.3. The summed E-state index contributed by atoms with van der Waals surface area (Å²) in [7, 11) is 3.20. The summed E-state index contributed by atoms with van der Waals surface area (Å²) in [5, 5.41) is 16.5. The van der Waals surface area contributed by atoms with E-state index >= 15 is 0 Å². The molecule has 0 radical (unpaired) electrons. The third kappa shape index (κ3) is 3.31. The van der Waals surface area contributed by atoms with E-state index in [2.05, 4.69) is 20.6 Å². The standard InChI is InChI=1S/C11H16N6O3/c1-12-11-13-5-8(17(19)20)10(15-11)16(2)6-9(18)14-7-3-4-7/h5,7H,3-4,6H2,1-2H3,(H,14,18)(H,12,13,15). The van der Waals surface area contributed by atoms with E-state index in [0.717, 1.165) is 19.0 Å². The summed E-state index contributed by atoms with van der Waals surface area (Å²) in [4.78, 5) is 31.4. The average Bonchev–Trinajstić information content (AvgIpc) is 3.21. The van der Waals surface area contributed by atoms with E-state index in [1.807, 2.05) is 0 Å². The van der Waals surface area contributed by atoms with Crippen molar-refractivity contribution in [2.45, 2.75) is 18.9 Å². The van der Waals surface area contributed by atoms with Crippen LogP contribution in [-0.2, 0) is 4.79 Å². The molecule has 1 aliphatic rings. The van der Waals surface area contributed by atoms with Crippen LogP contribution in [-0.4, -0.2) is 47.5 Å². The number of nitrogens with zero attached hydrogens (tertiary/aromatic N) is 4. The number of hydrogen-bond acceptors (Lipinski definition) is 7. The van der Waals surface area contributed by atoms with Crippen molar-refractivity contribution in [1.82, 2.24) is 15.3 Å². The molecule has 0 unspecified atom stereocenters. The number of aromatic nitrogens is 2. The van der Waals surface area contributed by atoms with Gasteiger partial charge in [-0.2, -0.15) is 4.98 Å². The van der Waals surface area contributed by atoms with Crippen molar-refractivity contribution in [1.29, 1.82) is 0 Å². The zero-order chi connectivity index (χ0) is 14.7. The third-order valence-corrected chi connectivity index (χ3v) is 2.86. The first-order valence-corrected chi connectivity index (χ1v) is 6.21. The van der Waals surface area contributed by atoms with Gasteiger partial charge in [-0.05, 0) is 12.8 Å². The Labute approximate surface area is 115 Å². The number of carbonyl (C=O) groups excluding carboxylic acids is 1. The van der Waals surface area contributed by atoms with Crippen molar-refractivity contribution >= 4 is 23.4 Å². The van der Waals surface area contributed by atoms with E-state index in [9.17, 15) is 14.9 Å². The maximum Gasteiger partial charge on any atom is 0.329 e. The van der Waals surface area contributed by atoms with Crippen LogP contribution in [0.4, 0.5) is 17.5 Å². The molecule has 0 saturated heterocycles. The molecule has 0 bridgehead atoms. The molecule has 1 fully saturated rings. The molecule has 9 nitrogen and oxygen atoms in total. The fraction of sp³-hybridized carbons (Fsp3) is 0.545. The predicted molar refractivity (Wildman–Crippen MR) is 72.7 cm³/mol. The fourth-order valence-electron chi connectivity index (χ4n) is 1.69. The number of nitrogens with one attached hydrogen (secondary N) is 2. The molecule has 0 spiro atoms. The van der Waals surface area contributed by atoms with Gasteiger partial charge in [0, 0.05) is 20.1 Å². The van der Waals surface area contributed by atoms with Gasteiger partial charge in [-0.15, -0.1) is 0 Å². The molecular weight excluding hydrogens is 264 g/mol. The van der Waals surface area contributed by atoms with Crippen LogP contribution >= 0.6 is 0 Å². The number of anilines is 2. The molecule has 1 aromatic rings. The van der Waals surface area contributed by atoms with E-state index in [0.29, 0.717) is 0 Å². The Morgan fingerprint density at radius 2 is 2.30 bits per heavy atom. The van der Waals surface area contributed by atoms with Crippen LogP contribution in [0.5, 0.6) is 0 Å². The second-order valence-corrected chi connectivity index (χ2v) is 4.61. The van der Waals surface area contributed by atoms with Gasteiger partial charge in [-0.3, -0.25) is 14.9 Å². The van der Waals surface area contributed by atoms with Gasteiger partial charge in [0.25, 0.3) is 0 Å². The van der Waals surface area contributed by atoms with Crippen LogP contribution in [0.25, 0.3) is 0 Å². The Morgan fingerprint density at radius 1 is 1.60 bits per heavy atom. The lowest BCUT2D eigenvalue weighted by molar-refractivity contribution is -0.384. The molecule has 0 aliphatic heterocycles. The quantitative estimate of drug-likeness (QED) is 0.563. The molecule has 0 aromatic carbocycles. The summed E-state index contributed by atoms with van der Waals surface area (Å²) in [6.45, 7) is 0.0114. The molecule has 1 heterocycles. The van der Waals surface area contributed by atoms with Crippen LogP contribution < -0.4 is 15.5 Å². The minimum Gasteiger partial charge on any atom is -0.357 e. The van der Waals surface area contributed by atoms with Crippen molar-refractivity contribution in [3.05, 3.63) is 16.3 Å². The van der Waals surface area contributed by atoms with Gasteiger partial charge in [0.15, 0.2) is 0 Å². The maximum atomic E-state index is 11.7. The number of likely N-dealkylation sites (N-methyl/N-ethyl adjacent to an activating group) is 1. The Hall–Kier alpha value is -2.45.